The molecule has 0 amide bonds. The molecule has 1 atom stereocenters. The first kappa shape index (κ1) is 13.0. The molecule has 1 N–H and O–H groups in total. The van der Waals surface area contributed by atoms with Crippen molar-refractivity contribution in [2.75, 3.05) is 0 Å². The van der Waals surface area contributed by atoms with E-state index in [2.05, 4.69) is 18.8 Å². The number of H-pyrrole nitrogens is 1. The van der Waals surface area contributed by atoms with Gasteiger partial charge in [0.05, 0.1) is 0 Å². The van der Waals surface area contributed by atoms with Crippen molar-refractivity contribution in [3.63, 3.8) is 0 Å². The largest absolute Gasteiger partial charge is 0.329 e. The van der Waals surface area contributed by atoms with Gasteiger partial charge in [-0.2, -0.15) is 0 Å². The first-order valence-electron chi connectivity index (χ1n) is 6.47. The molecule has 0 saturated carbocycles. The number of aromatic nitrogens is 1. The third-order valence-electron chi connectivity index (χ3n) is 3.19. The molecule has 1 aromatic heterocycles. The van der Waals surface area contributed by atoms with Gasteiger partial charge >= 0.3 is 0 Å². The molecular weight excluding hydrogens is 198 g/mol. The second-order valence-corrected chi connectivity index (χ2v) is 4.41. The monoisotopic (exact) mass is 221 g/mol. The Morgan fingerprint density at radius 3 is 2.69 bits per heavy atom. The average molecular weight is 221 g/mol. The van der Waals surface area contributed by atoms with Gasteiger partial charge in [0, 0.05) is 11.8 Å². The maximum absolute atomic E-state index is 11.7. The third-order valence-corrected chi connectivity index (χ3v) is 3.19. The molecule has 1 heterocycles. The molecule has 0 aliphatic rings. The summed E-state index contributed by atoms with van der Waals surface area (Å²) in [5, 5.41) is 0. The molecule has 1 unspecified atom stereocenters. The van der Waals surface area contributed by atoms with E-state index in [9.17, 15) is 4.79 Å². The van der Waals surface area contributed by atoms with Crippen LogP contribution in [0.1, 0.15) is 63.9 Å². The zero-order valence-electron chi connectivity index (χ0n) is 10.5. The van der Waals surface area contributed by atoms with Crippen molar-refractivity contribution in [1.29, 1.82) is 0 Å². The molecule has 0 bridgehead atoms. The highest BCUT2D eigenvalue weighted by Crippen LogP contribution is 2.22. The van der Waals surface area contributed by atoms with Crippen molar-refractivity contribution in [2.24, 2.45) is 0 Å². The van der Waals surface area contributed by atoms with Gasteiger partial charge < -0.3 is 4.98 Å². The van der Waals surface area contributed by atoms with Crippen LogP contribution in [-0.2, 0) is 0 Å². The minimum atomic E-state index is 0.0878. The van der Waals surface area contributed by atoms with Crippen molar-refractivity contribution in [1.82, 2.24) is 4.98 Å². The van der Waals surface area contributed by atoms with Crippen molar-refractivity contribution in [3.05, 3.63) is 34.2 Å². The van der Waals surface area contributed by atoms with Crippen LogP contribution in [-0.4, -0.2) is 4.98 Å². The smallest absolute Gasteiger partial charge is 0.251 e. The summed E-state index contributed by atoms with van der Waals surface area (Å²) in [5.74, 6) is 0.432. The molecule has 1 aromatic rings. The van der Waals surface area contributed by atoms with E-state index in [1.807, 2.05) is 12.1 Å². The Hall–Kier alpha value is -1.05. The van der Waals surface area contributed by atoms with Crippen molar-refractivity contribution >= 4 is 0 Å². The minimum Gasteiger partial charge on any atom is -0.329 e. The van der Waals surface area contributed by atoms with Gasteiger partial charge in [0.1, 0.15) is 0 Å². The molecule has 0 fully saturated rings. The van der Waals surface area contributed by atoms with Crippen LogP contribution in [0.25, 0.3) is 0 Å². The van der Waals surface area contributed by atoms with Gasteiger partial charge in [0.25, 0.3) is 5.56 Å². The molecule has 0 aliphatic heterocycles. The zero-order chi connectivity index (χ0) is 11.8. The van der Waals surface area contributed by atoms with Crippen molar-refractivity contribution in [3.8, 4) is 0 Å². The lowest BCUT2D eigenvalue weighted by Crippen LogP contribution is -2.15. The normalized spacial score (nSPS) is 12.6. The fourth-order valence-electron chi connectivity index (χ4n) is 2.15. The first-order valence-corrected chi connectivity index (χ1v) is 6.47. The van der Waals surface area contributed by atoms with Crippen LogP contribution in [0, 0.1) is 0 Å². The summed E-state index contributed by atoms with van der Waals surface area (Å²) in [6.07, 6.45) is 9.00. The van der Waals surface area contributed by atoms with Crippen LogP contribution in [0.15, 0.2) is 23.1 Å². The standard InChI is InChI=1S/C14H23NO/c1-3-5-6-7-9-12(4-2)13-10-8-11-15-14(13)16/h8,10-12H,3-7,9H2,1-2H3,(H,15,16). The van der Waals surface area contributed by atoms with Crippen LogP contribution in [0.5, 0.6) is 0 Å². The maximum atomic E-state index is 11.7. The Balaban J connectivity index is 2.54. The molecule has 1 rings (SSSR count). The number of unbranched alkanes of at least 4 members (excludes halogenated alkanes) is 3. The Morgan fingerprint density at radius 1 is 1.25 bits per heavy atom. The van der Waals surface area contributed by atoms with Crippen LogP contribution in [0.2, 0.25) is 0 Å². The molecule has 0 spiro atoms. The van der Waals surface area contributed by atoms with E-state index in [4.69, 9.17) is 0 Å². The van der Waals surface area contributed by atoms with Gasteiger partial charge in [-0.3, -0.25) is 4.79 Å². The van der Waals surface area contributed by atoms with E-state index in [1.54, 1.807) is 6.20 Å². The first-order chi connectivity index (χ1) is 7.79. The Bertz CT molecular complexity index is 343. The van der Waals surface area contributed by atoms with E-state index in [-0.39, 0.29) is 5.56 Å². The van der Waals surface area contributed by atoms with E-state index in [1.165, 1.54) is 25.7 Å². The van der Waals surface area contributed by atoms with Gasteiger partial charge in [-0.15, -0.1) is 0 Å². The Kier molecular flexibility index (Phi) is 5.91. The van der Waals surface area contributed by atoms with Gasteiger partial charge in [0.15, 0.2) is 0 Å². The van der Waals surface area contributed by atoms with E-state index in [0.29, 0.717) is 5.92 Å². The van der Waals surface area contributed by atoms with Gasteiger partial charge in [0.2, 0.25) is 0 Å². The van der Waals surface area contributed by atoms with Crippen molar-refractivity contribution in [2.45, 2.75) is 58.3 Å². The summed E-state index contributed by atoms with van der Waals surface area (Å²) in [6.45, 7) is 4.39. The number of hydrogen-bond acceptors (Lipinski definition) is 1. The number of nitrogens with one attached hydrogen (secondary N) is 1. The average Bonchev–Trinajstić information content (AvgIpc) is 2.31. The third kappa shape index (κ3) is 3.84. The predicted molar refractivity (Wildman–Crippen MR) is 68.9 cm³/mol. The van der Waals surface area contributed by atoms with Crippen LogP contribution in [0.3, 0.4) is 0 Å². The van der Waals surface area contributed by atoms with Crippen LogP contribution in [0.4, 0.5) is 0 Å². The number of aromatic amines is 1. The molecule has 90 valence electrons. The quantitative estimate of drug-likeness (QED) is 0.697. The van der Waals surface area contributed by atoms with Gasteiger partial charge in [-0.1, -0.05) is 45.6 Å². The number of hydrogen-bond donors (Lipinski definition) is 1. The highest BCUT2D eigenvalue weighted by atomic mass is 16.1. The van der Waals surface area contributed by atoms with Crippen LogP contribution >= 0.6 is 0 Å². The summed E-state index contributed by atoms with van der Waals surface area (Å²) >= 11 is 0. The molecule has 0 saturated heterocycles. The molecule has 0 aromatic carbocycles. The van der Waals surface area contributed by atoms with Gasteiger partial charge in [-0.05, 0) is 24.8 Å². The molecular formula is C14H23NO. The Morgan fingerprint density at radius 2 is 2.06 bits per heavy atom. The molecule has 0 radical (unpaired) electrons. The molecule has 2 heteroatoms. The molecule has 2 nitrogen and oxygen atoms in total. The lowest BCUT2D eigenvalue weighted by Gasteiger charge is -2.13. The maximum Gasteiger partial charge on any atom is 0.251 e. The summed E-state index contributed by atoms with van der Waals surface area (Å²) in [7, 11) is 0. The fourth-order valence-corrected chi connectivity index (χ4v) is 2.15. The highest BCUT2D eigenvalue weighted by molar-refractivity contribution is 5.14. The summed E-state index contributed by atoms with van der Waals surface area (Å²) in [4.78, 5) is 14.4. The number of rotatable bonds is 7. The predicted octanol–water partition coefficient (Wildman–Crippen LogP) is 3.84. The lowest BCUT2D eigenvalue weighted by molar-refractivity contribution is 0.539. The Labute approximate surface area is 98.1 Å². The summed E-state index contributed by atoms with van der Waals surface area (Å²) in [5.41, 5.74) is 1.05. The lowest BCUT2D eigenvalue weighted by atomic mass is 9.92. The SMILES string of the molecule is CCCCCCC(CC)c1ccc[nH]c1=O. The fraction of sp³-hybridized carbons (Fsp3) is 0.643. The van der Waals surface area contributed by atoms with Crippen molar-refractivity contribution < 1.29 is 0 Å². The zero-order valence-corrected chi connectivity index (χ0v) is 10.5. The summed E-state index contributed by atoms with van der Waals surface area (Å²) in [6, 6.07) is 3.89. The molecule has 0 aliphatic carbocycles. The van der Waals surface area contributed by atoms with E-state index in [0.717, 1.165) is 18.4 Å². The van der Waals surface area contributed by atoms with E-state index < -0.39 is 0 Å². The van der Waals surface area contributed by atoms with Crippen LogP contribution < -0.4 is 5.56 Å². The van der Waals surface area contributed by atoms with E-state index >= 15 is 0 Å². The minimum absolute atomic E-state index is 0.0878. The summed E-state index contributed by atoms with van der Waals surface area (Å²) < 4.78 is 0. The topological polar surface area (TPSA) is 32.9 Å². The highest BCUT2D eigenvalue weighted by Gasteiger charge is 2.11. The van der Waals surface area contributed by atoms with Gasteiger partial charge in [-0.25, -0.2) is 0 Å². The number of pyridine rings is 1. The molecule has 16 heavy (non-hydrogen) atoms. The second kappa shape index (κ2) is 7.26. The second-order valence-electron chi connectivity index (χ2n) is 4.41.